The number of hydrogen-bond donors (Lipinski definition) is 3. The molecule has 1 heterocycles. The molecular weight excluding hydrogens is 516 g/mol. The maximum Gasteiger partial charge on any atom is 0.254 e. The number of thioether (sulfide) groups is 1. The molecule has 0 aromatic heterocycles. The molecular formula is C30H27ClN4O2S. The largest absolute Gasteiger partial charge is 0.353 e. The van der Waals surface area contributed by atoms with Gasteiger partial charge in [-0.15, -0.1) is 0 Å². The Morgan fingerprint density at radius 2 is 1.66 bits per heavy atom. The average Bonchev–Trinajstić information content (AvgIpc) is 2.90. The predicted molar refractivity (Wildman–Crippen MR) is 155 cm³/mol. The maximum absolute atomic E-state index is 13.5. The van der Waals surface area contributed by atoms with Gasteiger partial charge in [0.1, 0.15) is 0 Å². The molecule has 1 aliphatic heterocycles. The monoisotopic (exact) mass is 542 g/mol. The zero-order chi connectivity index (χ0) is 27.2. The number of para-hydroxylation sites is 1. The number of dihydropyridines is 1. The SMILES string of the molecule is CC1=C(C(=O)Nc2ccccc2)[C@H](c2ccccc2Cl)C(C#N)=C(SCC(=O)Nc2ccc(C)c(C)c2)N1. The standard InChI is InChI=1S/C30H27ClN4O2S/c1-18-13-14-22(15-19(18)2)34-26(36)17-38-30-24(16-32)28(23-11-7-8-12-25(23)31)27(20(3)33-30)29(37)35-21-9-5-4-6-10-21/h4-15,28,33H,17H2,1-3H3,(H,34,36)(H,35,37)/t28-/m1/s1. The second kappa shape index (κ2) is 12.0. The molecule has 0 fully saturated rings. The number of carbonyl (C=O) groups excluding carboxylic acids is 2. The van der Waals surface area contributed by atoms with E-state index in [-0.39, 0.29) is 17.6 Å². The van der Waals surface area contributed by atoms with Crippen molar-refractivity contribution in [1.29, 1.82) is 5.26 Å². The van der Waals surface area contributed by atoms with E-state index in [0.29, 0.717) is 38.1 Å². The Hall–Kier alpha value is -3.99. The topological polar surface area (TPSA) is 94.0 Å². The van der Waals surface area contributed by atoms with E-state index in [0.717, 1.165) is 16.8 Å². The van der Waals surface area contributed by atoms with Crippen molar-refractivity contribution in [2.75, 3.05) is 16.4 Å². The first-order valence-corrected chi connectivity index (χ1v) is 13.4. The van der Waals surface area contributed by atoms with Crippen LogP contribution < -0.4 is 16.0 Å². The van der Waals surface area contributed by atoms with Crippen molar-refractivity contribution < 1.29 is 9.59 Å². The molecule has 192 valence electrons. The molecule has 2 amide bonds. The first-order valence-electron chi connectivity index (χ1n) is 12.0. The summed E-state index contributed by atoms with van der Waals surface area (Å²) in [6.07, 6.45) is 0. The normalized spacial score (nSPS) is 15.0. The van der Waals surface area contributed by atoms with E-state index >= 15 is 0 Å². The Morgan fingerprint density at radius 3 is 2.34 bits per heavy atom. The number of carbonyl (C=O) groups is 2. The summed E-state index contributed by atoms with van der Waals surface area (Å²) in [6.45, 7) is 5.79. The number of nitriles is 1. The number of hydrogen-bond acceptors (Lipinski definition) is 5. The molecule has 6 nitrogen and oxygen atoms in total. The summed E-state index contributed by atoms with van der Waals surface area (Å²) in [5.41, 5.74) is 5.53. The molecule has 0 saturated heterocycles. The molecule has 0 radical (unpaired) electrons. The molecule has 0 aliphatic carbocycles. The van der Waals surface area contributed by atoms with Crippen LogP contribution in [0, 0.1) is 25.2 Å². The number of rotatable bonds is 7. The van der Waals surface area contributed by atoms with Crippen molar-refractivity contribution in [3.63, 3.8) is 0 Å². The molecule has 3 aromatic rings. The quantitative estimate of drug-likeness (QED) is 0.310. The van der Waals surface area contributed by atoms with Crippen LogP contribution in [0.1, 0.15) is 29.5 Å². The second-order valence-corrected chi connectivity index (χ2v) is 10.3. The van der Waals surface area contributed by atoms with Gasteiger partial charge in [0.05, 0.1) is 28.3 Å². The van der Waals surface area contributed by atoms with Gasteiger partial charge < -0.3 is 16.0 Å². The highest BCUT2D eigenvalue weighted by atomic mass is 35.5. The lowest BCUT2D eigenvalue weighted by Gasteiger charge is -2.30. The Labute approximate surface area is 231 Å². The summed E-state index contributed by atoms with van der Waals surface area (Å²) in [6, 6.07) is 24.3. The van der Waals surface area contributed by atoms with Gasteiger partial charge in [0.2, 0.25) is 5.91 Å². The third-order valence-electron chi connectivity index (χ3n) is 6.28. The molecule has 1 atom stereocenters. The van der Waals surface area contributed by atoms with Gasteiger partial charge in [0.15, 0.2) is 0 Å². The fraction of sp³-hybridized carbons (Fsp3) is 0.167. The lowest BCUT2D eigenvalue weighted by Crippen LogP contribution is -2.31. The summed E-state index contributed by atoms with van der Waals surface area (Å²) in [5, 5.41) is 20.3. The Kier molecular flexibility index (Phi) is 8.57. The van der Waals surface area contributed by atoms with E-state index in [2.05, 4.69) is 22.0 Å². The summed E-state index contributed by atoms with van der Waals surface area (Å²) in [4.78, 5) is 26.3. The van der Waals surface area contributed by atoms with Crippen molar-refractivity contribution in [1.82, 2.24) is 5.32 Å². The third-order valence-corrected chi connectivity index (χ3v) is 7.64. The van der Waals surface area contributed by atoms with Gasteiger partial charge in [-0.05, 0) is 67.8 Å². The third kappa shape index (κ3) is 6.10. The van der Waals surface area contributed by atoms with E-state index < -0.39 is 5.92 Å². The number of nitrogens with one attached hydrogen (secondary N) is 3. The van der Waals surface area contributed by atoms with Gasteiger partial charge in [0.25, 0.3) is 5.91 Å². The van der Waals surface area contributed by atoms with Crippen LogP contribution in [0.4, 0.5) is 11.4 Å². The maximum atomic E-state index is 13.5. The zero-order valence-corrected chi connectivity index (χ0v) is 22.8. The molecule has 8 heteroatoms. The van der Waals surface area contributed by atoms with Gasteiger partial charge >= 0.3 is 0 Å². The van der Waals surface area contributed by atoms with Gasteiger partial charge in [0, 0.05) is 27.7 Å². The molecule has 3 aromatic carbocycles. The minimum atomic E-state index is -0.705. The highest BCUT2D eigenvalue weighted by Gasteiger charge is 2.36. The van der Waals surface area contributed by atoms with Crippen LogP contribution in [0.3, 0.4) is 0 Å². The van der Waals surface area contributed by atoms with Crippen LogP contribution >= 0.6 is 23.4 Å². The van der Waals surface area contributed by atoms with Gasteiger partial charge in [-0.3, -0.25) is 9.59 Å². The van der Waals surface area contributed by atoms with E-state index in [4.69, 9.17) is 11.6 Å². The van der Waals surface area contributed by atoms with E-state index in [1.165, 1.54) is 11.8 Å². The van der Waals surface area contributed by atoms with Crippen LogP contribution in [-0.4, -0.2) is 17.6 Å². The molecule has 0 saturated carbocycles. The Morgan fingerprint density at radius 1 is 0.947 bits per heavy atom. The van der Waals surface area contributed by atoms with Crippen LogP contribution in [0.25, 0.3) is 0 Å². The Balaban J connectivity index is 1.63. The van der Waals surface area contributed by atoms with Gasteiger partial charge in [-0.25, -0.2) is 0 Å². The lowest BCUT2D eigenvalue weighted by atomic mass is 9.82. The van der Waals surface area contributed by atoms with Crippen molar-refractivity contribution in [3.05, 3.63) is 116 Å². The van der Waals surface area contributed by atoms with Crippen LogP contribution in [0.2, 0.25) is 5.02 Å². The predicted octanol–water partition coefficient (Wildman–Crippen LogP) is 6.66. The van der Waals surface area contributed by atoms with Crippen LogP contribution in [-0.2, 0) is 9.59 Å². The molecule has 4 rings (SSSR count). The van der Waals surface area contributed by atoms with E-state index in [1.54, 1.807) is 31.2 Å². The number of allylic oxidation sites excluding steroid dienone is 2. The number of halogens is 1. The summed E-state index contributed by atoms with van der Waals surface area (Å²) in [7, 11) is 0. The fourth-order valence-corrected chi connectivity index (χ4v) is 5.36. The highest BCUT2D eigenvalue weighted by molar-refractivity contribution is 8.03. The number of amides is 2. The van der Waals surface area contributed by atoms with Crippen LogP contribution in [0.5, 0.6) is 0 Å². The van der Waals surface area contributed by atoms with Gasteiger partial charge in [-0.2, -0.15) is 5.26 Å². The summed E-state index contributed by atoms with van der Waals surface area (Å²) < 4.78 is 0. The highest BCUT2D eigenvalue weighted by Crippen LogP contribution is 2.43. The lowest BCUT2D eigenvalue weighted by molar-refractivity contribution is -0.114. The number of aryl methyl sites for hydroxylation is 2. The molecule has 0 unspecified atom stereocenters. The first-order chi connectivity index (χ1) is 18.3. The fourth-order valence-electron chi connectivity index (χ4n) is 4.22. The zero-order valence-electron chi connectivity index (χ0n) is 21.3. The van der Waals surface area contributed by atoms with E-state index in [9.17, 15) is 14.9 Å². The molecule has 38 heavy (non-hydrogen) atoms. The van der Waals surface area contributed by atoms with Crippen LogP contribution in [0.15, 0.2) is 94.7 Å². The number of nitrogens with zero attached hydrogens (tertiary/aromatic N) is 1. The summed E-state index contributed by atoms with van der Waals surface area (Å²) in [5.74, 6) is -1.16. The Bertz CT molecular complexity index is 1490. The molecule has 3 N–H and O–H groups in total. The second-order valence-electron chi connectivity index (χ2n) is 8.93. The van der Waals surface area contributed by atoms with Crippen molar-refractivity contribution in [3.8, 4) is 6.07 Å². The number of anilines is 2. The van der Waals surface area contributed by atoms with Crippen molar-refractivity contribution in [2.24, 2.45) is 0 Å². The molecule has 0 spiro atoms. The number of benzene rings is 3. The first kappa shape index (κ1) is 27.1. The molecule has 1 aliphatic rings. The van der Waals surface area contributed by atoms with Gasteiger partial charge in [-0.1, -0.05) is 65.8 Å². The molecule has 0 bridgehead atoms. The van der Waals surface area contributed by atoms with Crippen molar-refractivity contribution >= 4 is 46.6 Å². The smallest absolute Gasteiger partial charge is 0.254 e. The average molecular weight is 543 g/mol. The van der Waals surface area contributed by atoms with Crippen molar-refractivity contribution in [2.45, 2.75) is 26.7 Å². The minimum absolute atomic E-state index is 0.0779. The summed E-state index contributed by atoms with van der Waals surface area (Å²) >= 11 is 7.78. The van der Waals surface area contributed by atoms with E-state index in [1.807, 2.05) is 62.4 Å². The minimum Gasteiger partial charge on any atom is -0.353 e.